The third kappa shape index (κ3) is 2.55. The van der Waals surface area contributed by atoms with Crippen LogP contribution < -0.4 is 9.47 Å². The summed E-state index contributed by atoms with van der Waals surface area (Å²) in [6.07, 6.45) is 4.53. The van der Waals surface area contributed by atoms with E-state index in [4.69, 9.17) is 9.47 Å². The average molecular weight is 266 g/mol. The quantitative estimate of drug-likeness (QED) is 0.796. The van der Waals surface area contributed by atoms with Crippen molar-refractivity contribution >= 4 is 5.57 Å². The number of hydrogen-bond donors (Lipinski definition) is 0. The summed E-state index contributed by atoms with van der Waals surface area (Å²) in [7, 11) is 1.68. The van der Waals surface area contributed by atoms with Gasteiger partial charge in [-0.25, -0.2) is 0 Å². The van der Waals surface area contributed by atoms with Gasteiger partial charge in [-0.3, -0.25) is 0 Å². The number of hydrogen-bond acceptors (Lipinski definition) is 2. The highest BCUT2D eigenvalue weighted by molar-refractivity contribution is 5.76. The van der Waals surface area contributed by atoms with E-state index in [2.05, 4.69) is 24.3 Å². The van der Waals surface area contributed by atoms with E-state index in [0.717, 1.165) is 35.5 Å². The first kappa shape index (κ1) is 12.8. The van der Waals surface area contributed by atoms with Crippen LogP contribution in [-0.4, -0.2) is 7.11 Å². The molecule has 20 heavy (non-hydrogen) atoms. The molecule has 0 spiro atoms. The summed E-state index contributed by atoms with van der Waals surface area (Å²) in [6, 6.07) is 16.3. The maximum Gasteiger partial charge on any atom is 0.169 e. The van der Waals surface area contributed by atoms with Crippen molar-refractivity contribution in [3.8, 4) is 11.5 Å². The van der Waals surface area contributed by atoms with Gasteiger partial charge in [0, 0.05) is 5.56 Å². The second kappa shape index (κ2) is 5.83. The zero-order valence-electron chi connectivity index (χ0n) is 11.6. The number of para-hydroxylation sites is 1. The molecule has 102 valence electrons. The molecule has 2 aromatic rings. The van der Waals surface area contributed by atoms with Crippen LogP contribution in [0.2, 0.25) is 0 Å². The molecule has 0 aromatic heterocycles. The summed E-state index contributed by atoms with van der Waals surface area (Å²) >= 11 is 0. The fourth-order valence-corrected chi connectivity index (χ4v) is 2.34. The summed E-state index contributed by atoms with van der Waals surface area (Å²) in [5, 5.41) is 0. The highest BCUT2D eigenvalue weighted by Gasteiger charge is 2.17. The summed E-state index contributed by atoms with van der Waals surface area (Å²) in [4.78, 5) is 0. The van der Waals surface area contributed by atoms with E-state index in [-0.39, 0.29) is 0 Å². The van der Waals surface area contributed by atoms with Gasteiger partial charge < -0.3 is 9.47 Å². The van der Waals surface area contributed by atoms with Gasteiger partial charge in [-0.1, -0.05) is 48.5 Å². The van der Waals surface area contributed by atoms with Crippen molar-refractivity contribution in [2.24, 2.45) is 0 Å². The standard InChI is InChI=1S/C18H18O2/c1-19-17-12-6-11-16(15-9-5-10-15)18(17)20-13-14-7-3-2-4-8-14/h2-4,6-9,11-12H,5,10,13H2,1H3. The van der Waals surface area contributed by atoms with Crippen LogP contribution in [0.3, 0.4) is 0 Å². The molecule has 0 atom stereocenters. The van der Waals surface area contributed by atoms with Crippen LogP contribution in [0.15, 0.2) is 54.6 Å². The maximum absolute atomic E-state index is 6.04. The Balaban J connectivity index is 1.87. The third-order valence-corrected chi connectivity index (χ3v) is 3.58. The van der Waals surface area contributed by atoms with Crippen LogP contribution in [0.25, 0.3) is 5.57 Å². The van der Waals surface area contributed by atoms with Gasteiger partial charge in [-0.2, -0.15) is 0 Å². The Labute approximate surface area is 119 Å². The van der Waals surface area contributed by atoms with Crippen LogP contribution in [-0.2, 0) is 6.61 Å². The molecule has 3 rings (SSSR count). The molecule has 0 radical (unpaired) electrons. The number of ether oxygens (including phenoxy) is 2. The maximum atomic E-state index is 6.04. The van der Waals surface area contributed by atoms with Crippen molar-refractivity contribution in [1.29, 1.82) is 0 Å². The molecular formula is C18H18O2. The van der Waals surface area contributed by atoms with Crippen LogP contribution in [0.4, 0.5) is 0 Å². The highest BCUT2D eigenvalue weighted by atomic mass is 16.5. The fraction of sp³-hybridized carbons (Fsp3) is 0.222. The van der Waals surface area contributed by atoms with E-state index >= 15 is 0 Å². The average Bonchev–Trinajstić information content (AvgIpc) is 2.45. The number of rotatable bonds is 5. The molecule has 2 heteroatoms. The van der Waals surface area contributed by atoms with Gasteiger partial charge in [0.05, 0.1) is 7.11 Å². The number of methoxy groups -OCH3 is 1. The van der Waals surface area contributed by atoms with Crippen molar-refractivity contribution in [1.82, 2.24) is 0 Å². The largest absolute Gasteiger partial charge is 0.493 e. The van der Waals surface area contributed by atoms with Crippen LogP contribution in [0.5, 0.6) is 11.5 Å². The Hall–Kier alpha value is -2.22. The summed E-state index contributed by atoms with van der Waals surface area (Å²) in [5.74, 6) is 1.65. The van der Waals surface area contributed by atoms with E-state index in [9.17, 15) is 0 Å². The summed E-state index contributed by atoms with van der Waals surface area (Å²) in [5.41, 5.74) is 3.67. The Morgan fingerprint density at radius 3 is 2.45 bits per heavy atom. The van der Waals surface area contributed by atoms with Crippen LogP contribution in [0.1, 0.15) is 24.0 Å². The molecule has 0 amide bonds. The molecule has 2 nitrogen and oxygen atoms in total. The van der Waals surface area contributed by atoms with Gasteiger partial charge in [-0.05, 0) is 30.0 Å². The van der Waals surface area contributed by atoms with Gasteiger partial charge >= 0.3 is 0 Å². The Bertz CT molecular complexity index is 615. The van der Waals surface area contributed by atoms with E-state index in [0.29, 0.717) is 6.61 Å². The van der Waals surface area contributed by atoms with Crippen LogP contribution in [0, 0.1) is 0 Å². The highest BCUT2D eigenvalue weighted by Crippen LogP contribution is 2.40. The SMILES string of the molecule is COc1cccc(C2=CCC2)c1OCc1ccccc1. The molecule has 0 unspecified atom stereocenters. The Morgan fingerprint density at radius 1 is 1.00 bits per heavy atom. The normalized spacial score (nSPS) is 13.3. The van der Waals surface area contributed by atoms with Gasteiger partial charge in [0.25, 0.3) is 0 Å². The van der Waals surface area contributed by atoms with Crippen LogP contribution >= 0.6 is 0 Å². The fourth-order valence-electron chi connectivity index (χ4n) is 2.34. The zero-order valence-corrected chi connectivity index (χ0v) is 11.6. The topological polar surface area (TPSA) is 18.5 Å². The second-order valence-electron chi connectivity index (χ2n) is 4.88. The predicted molar refractivity (Wildman–Crippen MR) is 81.0 cm³/mol. The molecule has 1 aliphatic rings. The summed E-state index contributed by atoms with van der Waals surface area (Å²) < 4.78 is 11.5. The lowest BCUT2D eigenvalue weighted by Crippen LogP contribution is -2.03. The Morgan fingerprint density at radius 2 is 1.80 bits per heavy atom. The van der Waals surface area contributed by atoms with Gasteiger partial charge in [0.2, 0.25) is 0 Å². The van der Waals surface area contributed by atoms with E-state index < -0.39 is 0 Å². The lowest BCUT2D eigenvalue weighted by atomic mass is 9.91. The predicted octanol–water partition coefficient (Wildman–Crippen LogP) is 4.45. The molecule has 0 saturated heterocycles. The lowest BCUT2D eigenvalue weighted by molar-refractivity contribution is 0.283. The van der Waals surface area contributed by atoms with E-state index in [1.807, 2.05) is 30.3 Å². The molecule has 2 aromatic carbocycles. The Kier molecular flexibility index (Phi) is 3.73. The third-order valence-electron chi connectivity index (χ3n) is 3.58. The van der Waals surface area contributed by atoms with Crippen molar-refractivity contribution < 1.29 is 9.47 Å². The lowest BCUT2D eigenvalue weighted by Gasteiger charge is -2.20. The number of allylic oxidation sites excluding steroid dienone is 2. The second-order valence-corrected chi connectivity index (χ2v) is 4.88. The van der Waals surface area contributed by atoms with Crippen molar-refractivity contribution in [2.45, 2.75) is 19.4 Å². The molecular weight excluding hydrogens is 248 g/mol. The molecule has 0 saturated carbocycles. The first-order valence-electron chi connectivity index (χ1n) is 6.91. The van der Waals surface area contributed by atoms with E-state index in [1.54, 1.807) is 7.11 Å². The minimum Gasteiger partial charge on any atom is -0.493 e. The molecule has 0 N–H and O–H groups in total. The molecule has 0 bridgehead atoms. The summed E-state index contributed by atoms with van der Waals surface area (Å²) in [6.45, 7) is 0.557. The molecule has 0 aliphatic heterocycles. The first-order valence-corrected chi connectivity index (χ1v) is 6.91. The minimum absolute atomic E-state index is 0.557. The smallest absolute Gasteiger partial charge is 0.169 e. The molecule has 0 fully saturated rings. The monoisotopic (exact) mass is 266 g/mol. The van der Waals surface area contributed by atoms with Crippen molar-refractivity contribution in [3.05, 3.63) is 65.7 Å². The van der Waals surface area contributed by atoms with Crippen molar-refractivity contribution in [3.63, 3.8) is 0 Å². The van der Waals surface area contributed by atoms with Gasteiger partial charge in [-0.15, -0.1) is 0 Å². The van der Waals surface area contributed by atoms with Gasteiger partial charge in [0.15, 0.2) is 11.5 Å². The molecule has 1 aliphatic carbocycles. The number of benzene rings is 2. The van der Waals surface area contributed by atoms with Gasteiger partial charge in [0.1, 0.15) is 6.61 Å². The molecule has 0 heterocycles. The van der Waals surface area contributed by atoms with E-state index in [1.165, 1.54) is 5.57 Å². The minimum atomic E-state index is 0.557. The first-order chi connectivity index (χ1) is 9.88. The van der Waals surface area contributed by atoms with Crippen molar-refractivity contribution in [2.75, 3.05) is 7.11 Å². The zero-order chi connectivity index (χ0) is 13.8.